The van der Waals surface area contributed by atoms with Gasteiger partial charge in [-0.15, -0.1) is 0 Å². The minimum absolute atomic E-state index is 0.894. The molecule has 0 aromatic heterocycles. The van der Waals surface area contributed by atoms with E-state index in [2.05, 4.69) is 32.5 Å². The van der Waals surface area contributed by atoms with Crippen LogP contribution in [0, 0.1) is 5.92 Å². The maximum absolute atomic E-state index is 2.35. The minimum atomic E-state index is 0.894. The van der Waals surface area contributed by atoms with Crippen LogP contribution in [0.5, 0.6) is 0 Å². The minimum Gasteiger partial charge on any atom is -0.162 e. The first kappa shape index (κ1) is 43.4. The van der Waals surface area contributed by atoms with Crippen molar-refractivity contribution in [2.45, 2.75) is 252 Å². The molecule has 0 saturated heterocycles. The molecule has 0 radical (unpaired) electrons. The van der Waals surface area contributed by atoms with Gasteiger partial charge in [0.1, 0.15) is 0 Å². The monoisotopic (exact) mass is 623 g/mol. The fraction of sp³-hybridized carbons (Fsp3) is 1.00. The Bertz CT molecular complexity index is 458. The van der Waals surface area contributed by atoms with Crippen molar-refractivity contribution in [3.63, 3.8) is 0 Å². The lowest BCUT2D eigenvalue weighted by molar-refractivity contribution is 0.507. The second-order valence-electron chi connectivity index (χ2n) is 14.8. The highest BCUT2D eigenvalue weighted by Gasteiger charge is 1.98. The van der Waals surface area contributed by atoms with Crippen LogP contribution in [0.15, 0.2) is 0 Å². The Hall–Kier alpha value is 0.350. The lowest BCUT2D eigenvalue weighted by atomic mass is 10.0. The Balaban J connectivity index is 3.03. The van der Waals surface area contributed by atoms with Crippen molar-refractivity contribution in [1.29, 1.82) is 0 Å². The van der Waals surface area contributed by atoms with Crippen LogP contribution >= 0.6 is 11.8 Å². The Morgan fingerprint density at radius 2 is 0.488 bits per heavy atom. The summed E-state index contributed by atoms with van der Waals surface area (Å²) in [4.78, 5) is 0. The van der Waals surface area contributed by atoms with E-state index in [1.165, 1.54) is 243 Å². The number of rotatable bonds is 39. The Morgan fingerprint density at radius 3 is 0.721 bits per heavy atom. The summed E-state index contributed by atoms with van der Waals surface area (Å²) in [7, 11) is 0. The molecule has 0 bridgehead atoms. The van der Waals surface area contributed by atoms with E-state index in [0.717, 1.165) is 5.92 Å². The van der Waals surface area contributed by atoms with Crippen molar-refractivity contribution >= 4 is 11.8 Å². The molecule has 260 valence electrons. The van der Waals surface area contributed by atoms with E-state index in [4.69, 9.17) is 0 Å². The van der Waals surface area contributed by atoms with Gasteiger partial charge in [-0.1, -0.05) is 239 Å². The molecule has 0 aromatic rings. The zero-order valence-corrected chi connectivity index (χ0v) is 31.7. The lowest BCUT2D eigenvalue weighted by Crippen LogP contribution is -1.88. The molecule has 0 fully saturated rings. The van der Waals surface area contributed by atoms with Crippen molar-refractivity contribution in [2.24, 2.45) is 5.92 Å². The van der Waals surface area contributed by atoms with Gasteiger partial charge in [0.25, 0.3) is 0 Å². The lowest BCUT2D eigenvalue weighted by Gasteiger charge is -2.05. The topological polar surface area (TPSA) is 0 Å². The molecular formula is C42H86S. The third-order valence-corrected chi connectivity index (χ3v) is 10.9. The van der Waals surface area contributed by atoms with Gasteiger partial charge in [0.2, 0.25) is 0 Å². The van der Waals surface area contributed by atoms with Gasteiger partial charge in [0, 0.05) is 0 Å². The summed E-state index contributed by atoms with van der Waals surface area (Å²) in [6, 6.07) is 0. The zero-order valence-electron chi connectivity index (χ0n) is 30.9. The molecule has 0 saturated carbocycles. The summed E-state index contributed by atoms with van der Waals surface area (Å²) >= 11 is 2.23. The number of unbranched alkanes of at least 4 members (excludes halogenated alkanes) is 33. The first-order chi connectivity index (χ1) is 21.3. The molecule has 0 unspecified atom stereocenters. The summed E-state index contributed by atoms with van der Waals surface area (Å²) in [5, 5.41) is 0. The number of thioether (sulfide) groups is 1. The first-order valence-corrected chi connectivity index (χ1v) is 22.0. The highest BCUT2D eigenvalue weighted by atomic mass is 32.2. The second-order valence-corrected chi connectivity index (χ2v) is 16.0. The van der Waals surface area contributed by atoms with Crippen LogP contribution < -0.4 is 0 Å². The predicted octanol–water partition coefficient (Wildman–Crippen LogP) is 16.4. The van der Waals surface area contributed by atoms with E-state index >= 15 is 0 Å². The average molecular weight is 623 g/mol. The molecular weight excluding hydrogens is 537 g/mol. The molecule has 1 heteroatoms. The molecule has 0 amide bonds. The van der Waals surface area contributed by atoms with E-state index < -0.39 is 0 Å². The quantitative estimate of drug-likeness (QED) is 0.0614. The molecule has 0 N–H and O–H groups in total. The molecule has 0 spiro atoms. The Morgan fingerprint density at radius 1 is 0.279 bits per heavy atom. The van der Waals surface area contributed by atoms with Gasteiger partial charge in [-0.3, -0.25) is 0 Å². The highest BCUT2D eigenvalue weighted by molar-refractivity contribution is 7.99. The van der Waals surface area contributed by atoms with E-state index in [1.807, 2.05) is 0 Å². The predicted molar refractivity (Wildman–Crippen MR) is 204 cm³/mol. The van der Waals surface area contributed by atoms with E-state index in [0.29, 0.717) is 0 Å². The van der Waals surface area contributed by atoms with Crippen molar-refractivity contribution in [1.82, 2.24) is 0 Å². The maximum atomic E-state index is 2.35. The van der Waals surface area contributed by atoms with Crippen molar-refractivity contribution in [3.8, 4) is 0 Å². The fourth-order valence-electron chi connectivity index (χ4n) is 6.62. The van der Waals surface area contributed by atoms with Crippen LogP contribution in [-0.2, 0) is 0 Å². The van der Waals surface area contributed by atoms with Gasteiger partial charge in [0.05, 0.1) is 0 Å². The molecule has 0 atom stereocenters. The maximum Gasteiger partial charge on any atom is -0.00675 e. The number of hydrogen-bond donors (Lipinski definition) is 0. The van der Waals surface area contributed by atoms with E-state index in [1.54, 1.807) is 0 Å². The second kappa shape index (κ2) is 40.4. The number of hydrogen-bond acceptors (Lipinski definition) is 1. The van der Waals surface area contributed by atoms with Gasteiger partial charge in [-0.25, -0.2) is 0 Å². The summed E-state index contributed by atoms with van der Waals surface area (Å²) < 4.78 is 0. The molecule has 0 nitrogen and oxygen atoms in total. The molecule has 0 heterocycles. The Kier molecular flexibility index (Phi) is 40.7. The van der Waals surface area contributed by atoms with Crippen molar-refractivity contribution < 1.29 is 0 Å². The van der Waals surface area contributed by atoms with Crippen molar-refractivity contribution in [3.05, 3.63) is 0 Å². The van der Waals surface area contributed by atoms with Crippen LogP contribution in [0.1, 0.15) is 252 Å². The van der Waals surface area contributed by atoms with Crippen LogP contribution in [-0.4, -0.2) is 11.5 Å². The van der Waals surface area contributed by atoms with Crippen LogP contribution in [0.4, 0.5) is 0 Å². The van der Waals surface area contributed by atoms with Gasteiger partial charge in [0.15, 0.2) is 0 Å². The van der Waals surface area contributed by atoms with E-state index in [9.17, 15) is 0 Å². The molecule has 0 aromatic carbocycles. The van der Waals surface area contributed by atoms with Gasteiger partial charge >= 0.3 is 0 Å². The van der Waals surface area contributed by atoms with Crippen LogP contribution in [0.2, 0.25) is 0 Å². The average Bonchev–Trinajstić information content (AvgIpc) is 3.00. The van der Waals surface area contributed by atoms with Crippen molar-refractivity contribution in [2.75, 3.05) is 11.5 Å². The third kappa shape index (κ3) is 42.4. The van der Waals surface area contributed by atoms with Crippen LogP contribution in [0.25, 0.3) is 0 Å². The highest BCUT2D eigenvalue weighted by Crippen LogP contribution is 2.18. The summed E-state index contributed by atoms with van der Waals surface area (Å²) in [6.45, 7) is 7.01. The fourth-order valence-corrected chi connectivity index (χ4v) is 7.64. The third-order valence-electron chi connectivity index (χ3n) is 9.71. The molecule has 0 aliphatic heterocycles. The molecule has 0 rings (SSSR count). The Labute approximate surface area is 280 Å². The zero-order chi connectivity index (χ0) is 31.2. The largest absolute Gasteiger partial charge is 0.162 e. The standard InChI is InChI=1S/C42H86S/c1-4-5-6-7-8-9-10-11-12-13-14-15-16-17-18-19-20-21-22-23-24-25-28-31-34-37-40-43-41-38-35-32-29-26-27-30-33-36-39-42(2)3/h42H,4-41H2,1-3H3. The molecule has 0 aliphatic carbocycles. The van der Waals surface area contributed by atoms with Crippen LogP contribution in [0.3, 0.4) is 0 Å². The smallest absolute Gasteiger partial charge is 0.00675 e. The first-order valence-electron chi connectivity index (χ1n) is 20.8. The summed E-state index contributed by atoms with van der Waals surface area (Å²) in [6.07, 6.45) is 53.2. The van der Waals surface area contributed by atoms with Gasteiger partial charge < -0.3 is 0 Å². The normalized spacial score (nSPS) is 11.7. The molecule has 43 heavy (non-hydrogen) atoms. The summed E-state index contributed by atoms with van der Waals surface area (Å²) in [5.74, 6) is 3.72. The van der Waals surface area contributed by atoms with Gasteiger partial charge in [-0.05, 0) is 30.3 Å². The molecule has 0 aliphatic rings. The van der Waals surface area contributed by atoms with Gasteiger partial charge in [-0.2, -0.15) is 11.8 Å². The SMILES string of the molecule is CCCCCCCCCCCCCCCCCCCCCCCCCCCCSCCCCCCCCCCCC(C)C. The van der Waals surface area contributed by atoms with E-state index in [-0.39, 0.29) is 0 Å². The summed E-state index contributed by atoms with van der Waals surface area (Å²) in [5.41, 5.74) is 0.